The summed E-state index contributed by atoms with van der Waals surface area (Å²) >= 11 is 0. The van der Waals surface area contributed by atoms with Crippen molar-refractivity contribution < 1.29 is 4.74 Å². The molecule has 1 aliphatic rings. The predicted molar refractivity (Wildman–Crippen MR) is 128 cm³/mol. The molecule has 0 bridgehead atoms. The van der Waals surface area contributed by atoms with Crippen molar-refractivity contribution in [2.75, 3.05) is 6.61 Å². The van der Waals surface area contributed by atoms with Gasteiger partial charge in [0.05, 0.1) is 6.61 Å². The van der Waals surface area contributed by atoms with Crippen LogP contribution in [0.5, 0.6) is 5.75 Å². The van der Waals surface area contributed by atoms with Crippen LogP contribution in [0.15, 0.2) is 60.7 Å². The molecule has 1 heteroatoms. The molecule has 0 aromatic heterocycles. The van der Waals surface area contributed by atoms with E-state index in [4.69, 9.17) is 4.74 Å². The zero-order valence-corrected chi connectivity index (χ0v) is 18.7. The lowest BCUT2D eigenvalue weighted by molar-refractivity contribution is 0.339. The van der Waals surface area contributed by atoms with Crippen LogP contribution in [0.25, 0.3) is 0 Å². The quantitative estimate of drug-likeness (QED) is 0.326. The molecule has 0 radical (unpaired) electrons. The van der Waals surface area contributed by atoms with Gasteiger partial charge in [-0.2, -0.15) is 0 Å². The zero-order valence-electron chi connectivity index (χ0n) is 18.7. The fourth-order valence-corrected chi connectivity index (χ4v) is 4.29. The van der Waals surface area contributed by atoms with Gasteiger partial charge in [-0.3, -0.25) is 0 Å². The molecule has 0 spiro atoms. The second-order valence-electron chi connectivity index (χ2n) is 8.40. The van der Waals surface area contributed by atoms with Gasteiger partial charge in [-0.1, -0.05) is 61.9 Å². The minimum atomic E-state index is 0.666. The highest BCUT2D eigenvalue weighted by atomic mass is 16.5. The Bertz CT molecular complexity index is 825. The molecule has 1 fully saturated rings. The van der Waals surface area contributed by atoms with Crippen LogP contribution in [0.2, 0.25) is 0 Å². The third-order valence-corrected chi connectivity index (χ3v) is 6.13. The van der Waals surface area contributed by atoms with Gasteiger partial charge in [0.1, 0.15) is 5.75 Å². The number of rotatable bonds is 8. The molecular weight excluding hydrogens is 364 g/mol. The van der Waals surface area contributed by atoms with Crippen molar-refractivity contribution in [2.24, 2.45) is 5.92 Å². The maximum absolute atomic E-state index is 5.56. The fourth-order valence-electron chi connectivity index (χ4n) is 4.29. The van der Waals surface area contributed by atoms with E-state index < -0.39 is 0 Å². The Morgan fingerprint density at radius 3 is 2.30 bits per heavy atom. The third kappa shape index (κ3) is 7.10. The third-order valence-electron chi connectivity index (χ3n) is 6.13. The second-order valence-corrected chi connectivity index (χ2v) is 8.40. The molecule has 0 saturated heterocycles. The molecule has 0 amide bonds. The highest BCUT2D eigenvalue weighted by molar-refractivity contribution is 5.38. The van der Waals surface area contributed by atoms with E-state index >= 15 is 0 Å². The largest absolute Gasteiger partial charge is 0.494 e. The first kappa shape index (κ1) is 22.2. The van der Waals surface area contributed by atoms with E-state index in [-0.39, 0.29) is 0 Å². The van der Waals surface area contributed by atoms with Crippen LogP contribution in [0.4, 0.5) is 0 Å². The summed E-state index contributed by atoms with van der Waals surface area (Å²) in [7, 11) is 0. The van der Waals surface area contributed by atoms with E-state index in [2.05, 4.69) is 79.4 Å². The molecule has 158 valence electrons. The van der Waals surface area contributed by atoms with E-state index in [0.717, 1.165) is 17.9 Å². The van der Waals surface area contributed by atoms with E-state index in [1.165, 1.54) is 62.5 Å². The molecule has 1 nitrogen and oxygen atoms in total. The van der Waals surface area contributed by atoms with Gasteiger partial charge in [-0.25, -0.2) is 0 Å². The predicted octanol–water partition coefficient (Wildman–Crippen LogP) is 7.70. The molecule has 1 aliphatic carbocycles. The van der Waals surface area contributed by atoms with Crippen LogP contribution in [-0.2, 0) is 6.42 Å². The first-order valence-corrected chi connectivity index (χ1v) is 11.8. The Kier molecular flexibility index (Phi) is 9.10. The molecular formula is C29H36O. The van der Waals surface area contributed by atoms with Gasteiger partial charge in [0.25, 0.3) is 0 Å². The number of hydrogen-bond donors (Lipinski definition) is 0. The Hall–Kier alpha value is -2.46. The Morgan fingerprint density at radius 2 is 1.63 bits per heavy atom. The monoisotopic (exact) mass is 400 g/mol. The van der Waals surface area contributed by atoms with Crippen LogP contribution in [-0.4, -0.2) is 6.61 Å². The Labute approximate surface area is 183 Å². The molecule has 0 unspecified atom stereocenters. The van der Waals surface area contributed by atoms with E-state index in [1.807, 2.05) is 6.92 Å². The molecule has 30 heavy (non-hydrogen) atoms. The average Bonchev–Trinajstić information content (AvgIpc) is 2.79. The summed E-state index contributed by atoms with van der Waals surface area (Å²) in [4.78, 5) is 0. The molecule has 3 rings (SSSR count). The van der Waals surface area contributed by atoms with Gasteiger partial charge >= 0.3 is 0 Å². The van der Waals surface area contributed by atoms with E-state index in [9.17, 15) is 0 Å². The van der Waals surface area contributed by atoms with E-state index in [1.54, 1.807) is 0 Å². The summed E-state index contributed by atoms with van der Waals surface area (Å²) < 4.78 is 5.56. The van der Waals surface area contributed by atoms with Crippen molar-refractivity contribution >= 4 is 0 Å². The summed E-state index contributed by atoms with van der Waals surface area (Å²) in [5, 5.41) is 0. The summed E-state index contributed by atoms with van der Waals surface area (Å²) in [6.45, 7) is 5.00. The van der Waals surface area contributed by atoms with Crippen molar-refractivity contribution in [2.45, 2.75) is 71.1 Å². The molecule has 0 aliphatic heterocycles. The number of hydrogen-bond acceptors (Lipinski definition) is 1. The highest BCUT2D eigenvalue weighted by Gasteiger charge is 2.20. The van der Waals surface area contributed by atoms with Crippen LogP contribution in [0.1, 0.15) is 81.4 Å². The van der Waals surface area contributed by atoms with Crippen LogP contribution in [0.3, 0.4) is 0 Å². The number of unbranched alkanes of at least 4 members (excludes halogenated alkanes) is 2. The van der Waals surface area contributed by atoms with Crippen LogP contribution >= 0.6 is 0 Å². The summed E-state index contributed by atoms with van der Waals surface area (Å²) in [5.74, 6) is 8.85. The normalized spacial score (nSPS) is 18.7. The van der Waals surface area contributed by atoms with Crippen molar-refractivity contribution in [1.82, 2.24) is 0 Å². The van der Waals surface area contributed by atoms with Crippen molar-refractivity contribution in [3.63, 3.8) is 0 Å². The van der Waals surface area contributed by atoms with Crippen molar-refractivity contribution in [3.8, 4) is 17.6 Å². The zero-order chi connectivity index (χ0) is 21.0. The summed E-state index contributed by atoms with van der Waals surface area (Å²) in [6.07, 6.45) is 14.5. The molecule has 2 aromatic rings. The van der Waals surface area contributed by atoms with Gasteiger partial charge in [0, 0.05) is 5.56 Å². The van der Waals surface area contributed by atoms with Crippen LogP contribution in [0, 0.1) is 17.8 Å². The lowest BCUT2D eigenvalue weighted by Crippen LogP contribution is -2.11. The highest BCUT2D eigenvalue weighted by Crippen LogP contribution is 2.36. The minimum Gasteiger partial charge on any atom is -0.494 e. The standard InChI is InChI=1S/C29H36O/c1-3-5-6-9-24-12-14-25(15-13-24)10-7-8-11-26-16-18-27(19-17-26)28-20-22-29(23-21-28)30-4-2/h8,11-15,20-23,26-27H,3-6,9,16-19H2,1-2H3/b11-8+/t26-,27-. The molecule has 0 atom stereocenters. The van der Waals surface area contributed by atoms with Gasteiger partial charge in [0.2, 0.25) is 0 Å². The molecule has 0 heterocycles. The van der Waals surface area contributed by atoms with Gasteiger partial charge in [-0.15, -0.1) is 0 Å². The maximum atomic E-state index is 5.56. The van der Waals surface area contributed by atoms with Gasteiger partial charge in [0.15, 0.2) is 0 Å². The lowest BCUT2D eigenvalue weighted by Gasteiger charge is -2.27. The first-order valence-electron chi connectivity index (χ1n) is 11.8. The topological polar surface area (TPSA) is 9.23 Å². The molecule has 1 saturated carbocycles. The van der Waals surface area contributed by atoms with Gasteiger partial charge < -0.3 is 4.74 Å². The average molecular weight is 401 g/mol. The second kappa shape index (κ2) is 12.3. The number of benzene rings is 2. The van der Waals surface area contributed by atoms with Gasteiger partial charge in [-0.05, 0) is 98.8 Å². The minimum absolute atomic E-state index is 0.666. The Morgan fingerprint density at radius 1 is 0.900 bits per heavy atom. The fraction of sp³-hybridized carbons (Fsp3) is 0.448. The maximum Gasteiger partial charge on any atom is 0.119 e. The number of allylic oxidation sites excluding steroid dienone is 2. The summed E-state index contributed by atoms with van der Waals surface area (Å²) in [5.41, 5.74) is 3.99. The van der Waals surface area contributed by atoms with Crippen molar-refractivity contribution in [3.05, 3.63) is 77.4 Å². The Balaban J connectivity index is 1.43. The first-order chi connectivity index (χ1) is 14.8. The van der Waals surface area contributed by atoms with E-state index in [0.29, 0.717) is 11.8 Å². The molecule has 2 aromatic carbocycles. The van der Waals surface area contributed by atoms with Crippen LogP contribution < -0.4 is 4.74 Å². The lowest BCUT2D eigenvalue weighted by atomic mass is 9.78. The van der Waals surface area contributed by atoms with Crippen molar-refractivity contribution in [1.29, 1.82) is 0 Å². The SMILES string of the molecule is CCCCCc1ccc(C#C/C=C/[C@H]2CC[C@H](c3ccc(OCC)cc3)CC2)cc1. The smallest absolute Gasteiger partial charge is 0.119 e. The summed E-state index contributed by atoms with van der Waals surface area (Å²) in [6, 6.07) is 17.5. The molecule has 0 N–H and O–H groups in total. The number of aryl methyl sites for hydroxylation is 1. The number of ether oxygens (including phenoxy) is 1.